The van der Waals surface area contributed by atoms with Gasteiger partial charge in [-0.05, 0) is 45.4 Å². The molecule has 0 radical (unpaired) electrons. The van der Waals surface area contributed by atoms with Gasteiger partial charge in [0.1, 0.15) is 11.7 Å². The predicted octanol–water partition coefficient (Wildman–Crippen LogP) is 2.56. The molecule has 1 N–H and O–H groups in total. The highest BCUT2D eigenvalue weighted by atomic mass is 16.5. The monoisotopic (exact) mass is 254 g/mol. The second-order valence-corrected chi connectivity index (χ2v) is 5.24. The molecule has 1 saturated carbocycles. The first-order chi connectivity index (χ1) is 8.57. The van der Waals surface area contributed by atoms with Gasteiger partial charge in [-0.2, -0.15) is 4.98 Å². The molecule has 1 aliphatic carbocycles. The minimum absolute atomic E-state index is 0.266. The zero-order valence-electron chi connectivity index (χ0n) is 11.3. The van der Waals surface area contributed by atoms with Crippen LogP contribution in [0.4, 0.5) is 0 Å². The lowest BCUT2D eigenvalue weighted by Crippen LogP contribution is -2.35. The molecule has 0 bridgehead atoms. The van der Waals surface area contributed by atoms with Gasteiger partial charge in [-0.15, -0.1) is 0 Å². The number of ether oxygens (including phenoxy) is 1. The molecule has 1 fully saturated rings. The SMILES string of the molecule is CCOC1(c2noc(C(C)O)n2)CCC(C)CC1. The van der Waals surface area contributed by atoms with Gasteiger partial charge >= 0.3 is 0 Å². The summed E-state index contributed by atoms with van der Waals surface area (Å²) in [6.07, 6.45) is 3.33. The van der Waals surface area contributed by atoms with Crippen LogP contribution in [0.25, 0.3) is 0 Å². The van der Waals surface area contributed by atoms with Crippen LogP contribution < -0.4 is 0 Å². The topological polar surface area (TPSA) is 68.4 Å². The fourth-order valence-electron chi connectivity index (χ4n) is 2.53. The number of aliphatic hydroxyl groups excluding tert-OH is 1. The van der Waals surface area contributed by atoms with Crippen molar-refractivity contribution in [3.8, 4) is 0 Å². The molecule has 5 nitrogen and oxygen atoms in total. The van der Waals surface area contributed by atoms with Crippen LogP contribution in [0.1, 0.15) is 64.3 Å². The van der Waals surface area contributed by atoms with Crippen molar-refractivity contribution in [3.63, 3.8) is 0 Å². The van der Waals surface area contributed by atoms with Crippen molar-refractivity contribution >= 4 is 0 Å². The first kappa shape index (κ1) is 13.5. The Bertz CT molecular complexity index is 381. The predicted molar refractivity (Wildman–Crippen MR) is 65.9 cm³/mol. The van der Waals surface area contributed by atoms with Crippen LogP contribution in [-0.4, -0.2) is 21.9 Å². The molecular formula is C13H22N2O3. The Balaban J connectivity index is 2.23. The van der Waals surface area contributed by atoms with Crippen LogP contribution in [0.15, 0.2) is 4.52 Å². The molecule has 102 valence electrons. The lowest BCUT2D eigenvalue weighted by molar-refractivity contribution is -0.0847. The average Bonchev–Trinajstić information content (AvgIpc) is 2.83. The van der Waals surface area contributed by atoms with E-state index in [9.17, 15) is 5.11 Å². The standard InChI is InChI=1S/C13H22N2O3/c1-4-17-13(7-5-9(2)6-8-13)12-14-11(10(3)16)18-15-12/h9-10,16H,4-8H2,1-3H3. The van der Waals surface area contributed by atoms with Gasteiger partial charge < -0.3 is 14.4 Å². The van der Waals surface area contributed by atoms with Crippen LogP contribution in [0.5, 0.6) is 0 Å². The average molecular weight is 254 g/mol. The Morgan fingerprint density at radius 3 is 2.67 bits per heavy atom. The Morgan fingerprint density at radius 1 is 1.50 bits per heavy atom. The van der Waals surface area contributed by atoms with Gasteiger partial charge in [-0.3, -0.25) is 0 Å². The zero-order valence-corrected chi connectivity index (χ0v) is 11.3. The van der Waals surface area contributed by atoms with E-state index in [1.54, 1.807) is 6.92 Å². The molecule has 1 atom stereocenters. The zero-order chi connectivity index (χ0) is 13.2. The highest BCUT2D eigenvalue weighted by Gasteiger charge is 2.41. The van der Waals surface area contributed by atoms with Crippen molar-refractivity contribution in [2.45, 2.75) is 58.2 Å². The van der Waals surface area contributed by atoms with Crippen molar-refractivity contribution in [2.24, 2.45) is 5.92 Å². The minimum atomic E-state index is -0.729. The van der Waals surface area contributed by atoms with Gasteiger partial charge in [-0.1, -0.05) is 12.1 Å². The maximum Gasteiger partial charge on any atom is 0.255 e. The molecular weight excluding hydrogens is 232 g/mol. The summed E-state index contributed by atoms with van der Waals surface area (Å²) in [4.78, 5) is 4.30. The normalized spacial score (nSPS) is 30.3. The number of hydrogen-bond acceptors (Lipinski definition) is 5. The van der Waals surface area contributed by atoms with Crippen LogP contribution in [0.3, 0.4) is 0 Å². The molecule has 0 aromatic carbocycles. The lowest BCUT2D eigenvalue weighted by Gasteiger charge is -2.36. The minimum Gasteiger partial charge on any atom is -0.384 e. The van der Waals surface area contributed by atoms with Gasteiger partial charge in [-0.25, -0.2) is 0 Å². The van der Waals surface area contributed by atoms with E-state index in [0.717, 1.165) is 31.6 Å². The molecule has 1 aliphatic rings. The Labute approximate surface area is 108 Å². The number of aromatic nitrogens is 2. The van der Waals surface area contributed by atoms with Gasteiger partial charge in [0.05, 0.1) is 0 Å². The van der Waals surface area contributed by atoms with Crippen LogP contribution >= 0.6 is 0 Å². The first-order valence-corrected chi connectivity index (χ1v) is 6.73. The third kappa shape index (κ3) is 2.57. The van der Waals surface area contributed by atoms with E-state index < -0.39 is 11.7 Å². The molecule has 2 rings (SSSR count). The molecule has 0 spiro atoms. The van der Waals surface area contributed by atoms with Gasteiger partial charge in [0.15, 0.2) is 0 Å². The highest BCUT2D eigenvalue weighted by Crippen LogP contribution is 2.41. The second kappa shape index (κ2) is 5.36. The van der Waals surface area contributed by atoms with Crippen LogP contribution in [-0.2, 0) is 10.3 Å². The highest BCUT2D eigenvalue weighted by molar-refractivity contribution is 5.04. The van der Waals surface area contributed by atoms with Gasteiger partial charge in [0.2, 0.25) is 5.82 Å². The molecule has 1 aromatic heterocycles. The summed E-state index contributed by atoms with van der Waals surface area (Å²) in [5.74, 6) is 1.58. The Hall–Kier alpha value is -0.940. The van der Waals surface area contributed by atoms with Gasteiger partial charge in [0.25, 0.3) is 5.89 Å². The van der Waals surface area contributed by atoms with Crippen molar-refractivity contribution in [3.05, 3.63) is 11.7 Å². The molecule has 0 amide bonds. The summed E-state index contributed by atoms with van der Waals surface area (Å²) in [6.45, 7) is 6.49. The first-order valence-electron chi connectivity index (χ1n) is 6.73. The van der Waals surface area contributed by atoms with Crippen molar-refractivity contribution in [1.82, 2.24) is 10.1 Å². The number of rotatable bonds is 4. The van der Waals surface area contributed by atoms with E-state index in [1.807, 2.05) is 6.92 Å². The fourth-order valence-corrected chi connectivity index (χ4v) is 2.53. The van der Waals surface area contributed by atoms with Crippen molar-refractivity contribution in [2.75, 3.05) is 6.61 Å². The molecule has 1 unspecified atom stereocenters. The number of nitrogens with zero attached hydrogens (tertiary/aromatic N) is 2. The Kier molecular flexibility index (Phi) is 4.02. The summed E-state index contributed by atoms with van der Waals surface area (Å²) < 4.78 is 11.0. The second-order valence-electron chi connectivity index (χ2n) is 5.24. The molecule has 0 saturated heterocycles. The smallest absolute Gasteiger partial charge is 0.255 e. The van der Waals surface area contributed by atoms with Crippen LogP contribution in [0, 0.1) is 5.92 Å². The van der Waals surface area contributed by atoms with E-state index >= 15 is 0 Å². The van der Waals surface area contributed by atoms with Gasteiger partial charge in [0, 0.05) is 6.61 Å². The summed E-state index contributed by atoms with van der Waals surface area (Å²) >= 11 is 0. The third-order valence-electron chi connectivity index (χ3n) is 3.71. The molecule has 1 aromatic rings. The Morgan fingerprint density at radius 2 is 2.17 bits per heavy atom. The third-order valence-corrected chi connectivity index (χ3v) is 3.71. The maximum absolute atomic E-state index is 9.45. The summed E-state index contributed by atoms with van der Waals surface area (Å²) in [7, 11) is 0. The fraction of sp³-hybridized carbons (Fsp3) is 0.846. The lowest BCUT2D eigenvalue weighted by atomic mass is 9.79. The molecule has 0 aliphatic heterocycles. The van der Waals surface area contributed by atoms with Crippen LogP contribution in [0.2, 0.25) is 0 Å². The van der Waals surface area contributed by atoms with E-state index in [0.29, 0.717) is 12.4 Å². The van der Waals surface area contributed by atoms with E-state index in [-0.39, 0.29) is 5.89 Å². The number of hydrogen-bond donors (Lipinski definition) is 1. The molecule has 18 heavy (non-hydrogen) atoms. The van der Waals surface area contributed by atoms with E-state index in [4.69, 9.17) is 9.26 Å². The summed E-state index contributed by atoms with van der Waals surface area (Å²) in [5.41, 5.74) is -0.419. The molecule has 5 heteroatoms. The maximum atomic E-state index is 9.45. The van der Waals surface area contributed by atoms with E-state index in [2.05, 4.69) is 17.1 Å². The molecule has 1 heterocycles. The number of aliphatic hydroxyl groups is 1. The quantitative estimate of drug-likeness (QED) is 0.894. The summed E-state index contributed by atoms with van der Waals surface area (Å²) in [5, 5.41) is 13.5. The van der Waals surface area contributed by atoms with E-state index in [1.165, 1.54) is 0 Å². The summed E-state index contributed by atoms with van der Waals surface area (Å²) in [6, 6.07) is 0. The van der Waals surface area contributed by atoms with Crippen molar-refractivity contribution in [1.29, 1.82) is 0 Å². The largest absolute Gasteiger partial charge is 0.384 e. The van der Waals surface area contributed by atoms with Crippen molar-refractivity contribution < 1.29 is 14.4 Å².